The maximum absolute atomic E-state index is 5.17. The molecule has 9 aromatic rings. The zero-order valence-corrected chi connectivity index (χ0v) is 34.5. The summed E-state index contributed by atoms with van der Waals surface area (Å²) < 4.78 is 21.6. The SMILES string of the molecule is COc1ccc(-n2ccnc2-c2[c-]cccc2)cc1.COc1ccc(-n2ccnc2-c2[c-]cccc2)cc1.COc1ccc(-n2ccnc2-c2[c-]cccc2)cc1.[Ir+3]. The fourth-order valence-electron chi connectivity index (χ4n) is 5.96. The summed E-state index contributed by atoms with van der Waals surface area (Å²) in [5.74, 6) is 5.17. The van der Waals surface area contributed by atoms with Gasteiger partial charge in [-0.2, -0.15) is 0 Å². The minimum atomic E-state index is 0. The van der Waals surface area contributed by atoms with Crippen LogP contribution in [0.3, 0.4) is 0 Å². The van der Waals surface area contributed by atoms with Gasteiger partial charge in [0.2, 0.25) is 0 Å². The molecule has 9 rings (SSSR count). The van der Waals surface area contributed by atoms with Crippen LogP contribution in [0.1, 0.15) is 0 Å². The van der Waals surface area contributed by atoms with Gasteiger partial charge in [0.05, 0.1) is 38.8 Å². The van der Waals surface area contributed by atoms with Gasteiger partial charge in [0.15, 0.2) is 0 Å². The summed E-state index contributed by atoms with van der Waals surface area (Å²) in [5.41, 5.74) is 6.07. The molecule has 3 heterocycles. The molecule has 0 spiro atoms. The van der Waals surface area contributed by atoms with Gasteiger partial charge in [0.1, 0.15) is 17.2 Å². The standard InChI is InChI=1S/3C16H13N2O.Ir/c3*1-19-15-9-7-14(8-10-15)18-12-11-17-16(18)13-5-3-2-4-6-13;/h3*2-5,7-12H,1H3;/q3*-1;+3. The number of methoxy groups -OCH3 is 3. The van der Waals surface area contributed by atoms with Gasteiger partial charge in [0.25, 0.3) is 0 Å². The van der Waals surface area contributed by atoms with E-state index >= 15 is 0 Å². The smallest absolute Gasteiger partial charge is 0.497 e. The van der Waals surface area contributed by atoms with Gasteiger partial charge in [-0.05, 0) is 72.8 Å². The van der Waals surface area contributed by atoms with Crippen molar-refractivity contribution in [3.8, 4) is 68.5 Å². The van der Waals surface area contributed by atoms with Crippen LogP contribution in [0.2, 0.25) is 0 Å². The molecule has 10 heteroatoms. The van der Waals surface area contributed by atoms with E-state index < -0.39 is 0 Å². The monoisotopic (exact) mass is 940 g/mol. The van der Waals surface area contributed by atoms with Gasteiger partial charge in [-0.25, -0.2) is 0 Å². The molecule has 0 aliphatic carbocycles. The van der Waals surface area contributed by atoms with Crippen molar-refractivity contribution in [3.05, 3.63) is 201 Å². The predicted molar refractivity (Wildman–Crippen MR) is 223 cm³/mol. The van der Waals surface area contributed by atoms with Crippen molar-refractivity contribution >= 4 is 0 Å². The summed E-state index contributed by atoms with van der Waals surface area (Å²) >= 11 is 0. The van der Waals surface area contributed by atoms with E-state index in [-0.39, 0.29) is 20.1 Å². The average Bonchev–Trinajstić information content (AvgIpc) is 4.11. The number of hydrogen-bond donors (Lipinski definition) is 0. The minimum absolute atomic E-state index is 0. The van der Waals surface area contributed by atoms with Crippen molar-refractivity contribution < 1.29 is 34.3 Å². The second-order valence-electron chi connectivity index (χ2n) is 12.3. The van der Waals surface area contributed by atoms with Gasteiger partial charge in [-0.15, -0.1) is 108 Å². The fraction of sp³-hybridized carbons (Fsp3) is 0.0625. The Morgan fingerprint density at radius 2 is 0.655 bits per heavy atom. The third kappa shape index (κ3) is 9.86. The molecule has 0 fully saturated rings. The van der Waals surface area contributed by atoms with E-state index in [1.54, 1.807) is 39.9 Å². The second kappa shape index (κ2) is 20.2. The van der Waals surface area contributed by atoms with E-state index in [0.717, 1.165) is 68.5 Å². The molecule has 0 saturated heterocycles. The van der Waals surface area contributed by atoms with Crippen molar-refractivity contribution in [2.45, 2.75) is 0 Å². The van der Waals surface area contributed by atoms with E-state index in [9.17, 15) is 0 Å². The van der Waals surface area contributed by atoms with E-state index in [4.69, 9.17) is 14.2 Å². The summed E-state index contributed by atoms with van der Waals surface area (Å²) in [6.07, 6.45) is 11.2. The normalized spacial score (nSPS) is 10.2. The molecule has 0 saturated carbocycles. The van der Waals surface area contributed by atoms with Crippen LogP contribution < -0.4 is 14.2 Å². The zero-order chi connectivity index (χ0) is 39.2. The van der Waals surface area contributed by atoms with Crippen LogP contribution in [0.15, 0.2) is 183 Å². The first-order valence-corrected chi connectivity index (χ1v) is 18.1. The van der Waals surface area contributed by atoms with Crippen molar-refractivity contribution in [2.24, 2.45) is 0 Å². The van der Waals surface area contributed by atoms with Gasteiger partial charge >= 0.3 is 20.1 Å². The van der Waals surface area contributed by atoms with Gasteiger partial charge in [0, 0.05) is 54.2 Å². The maximum Gasteiger partial charge on any atom is 3.00 e. The number of nitrogens with zero attached hydrogens (tertiary/aromatic N) is 6. The Morgan fingerprint density at radius 1 is 0.379 bits per heavy atom. The second-order valence-corrected chi connectivity index (χ2v) is 12.3. The number of benzene rings is 6. The Labute approximate surface area is 352 Å². The molecule has 0 bridgehead atoms. The topological polar surface area (TPSA) is 81.1 Å². The van der Waals surface area contributed by atoms with Gasteiger partial charge in [-0.1, -0.05) is 0 Å². The van der Waals surface area contributed by atoms with Gasteiger partial charge in [-0.3, -0.25) is 15.0 Å². The quantitative estimate of drug-likeness (QED) is 0.134. The first-order valence-electron chi connectivity index (χ1n) is 18.1. The predicted octanol–water partition coefficient (Wildman–Crippen LogP) is 10.0. The molecule has 0 aliphatic heterocycles. The molecule has 9 nitrogen and oxygen atoms in total. The van der Waals surface area contributed by atoms with Crippen LogP contribution in [0.5, 0.6) is 17.2 Å². The van der Waals surface area contributed by atoms with Crippen LogP contribution >= 0.6 is 0 Å². The van der Waals surface area contributed by atoms with Crippen molar-refractivity contribution in [1.82, 2.24) is 28.7 Å². The van der Waals surface area contributed by atoms with Crippen LogP contribution in [0.25, 0.3) is 51.2 Å². The van der Waals surface area contributed by atoms with E-state index in [0.29, 0.717) is 0 Å². The van der Waals surface area contributed by atoms with E-state index in [1.165, 1.54) is 0 Å². The molecule has 0 atom stereocenters. The fourth-order valence-corrected chi connectivity index (χ4v) is 5.96. The molecule has 3 aromatic heterocycles. The Hall–Kier alpha value is -7.00. The number of imidazole rings is 3. The average molecular weight is 940 g/mol. The van der Waals surface area contributed by atoms with Crippen LogP contribution in [-0.2, 0) is 20.1 Å². The number of hydrogen-bond acceptors (Lipinski definition) is 6. The Bertz CT molecular complexity index is 2270. The third-order valence-electron chi connectivity index (χ3n) is 8.82. The first-order chi connectivity index (χ1) is 28.1. The number of rotatable bonds is 9. The number of ether oxygens (including phenoxy) is 3. The van der Waals surface area contributed by atoms with E-state index in [1.807, 2.05) is 178 Å². The maximum atomic E-state index is 5.17. The summed E-state index contributed by atoms with van der Waals surface area (Å²) in [6, 6.07) is 56.7. The third-order valence-corrected chi connectivity index (χ3v) is 8.82. The Balaban J connectivity index is 0.000000145. The van der Waals surface area contributed by atoms with Crippen molar-refractivity contribution in [1.29, 1.82) is 0 Å². The molecule has 0 N–H and O–H groups in total. The molecule has 0 unspecified atom stereocenters. The van der Waals surface area contributed by atoms with Crippen molar-refractivity contribution in [2.75, 3.05) is 21.3 Å². The van der Waals surface area contributed by atoms with Crippen LogP contribution in [0.4, 0.5) is 0 Å². The first kappa shape index (κ1) is 40.7. The molecule has 288 valence electrons. The zero-order valence-electron chi connectivity index (χ0n) is 32.1. The minimum Gasteiger partial charge on any atom is -0.497 e. The Morgan fingerprint density at radius 3 is 0.879 bits per heavy atom. The summed E-state index contributed by atoms with van der Waals surface area (Å²) in [7, 11) is 4.99. The molecule has 0 radical (unpaired) electrons. The molecule has 0 aliphatic rings. The van der Waals surface area contributed by atoms with Crippen LogP contribution in [-0.4, -0.2) is 50.0 Å². The molecular weight excluding hydrogens is 901 g/mol. The molecule has 0 amide bonds. The Kier molecular flexibility index (Phi) is 14.2. The number of aromatic nitrogens is 6. The summed E-state index contributed by atoms with van der Waals surface area (Å²) in [6.45, 7) is 0. The largest absolute Gasteiger partial charge is 3.00 e. The van der Waals surface area contributed by atoms with Crippen molar-refractivity contribution in [3.63, 3.8) is 0 Å². The van der Waals surface area contributed by atoms with Crippen LogP contribution in [0, 0.1) is 18.2 Å². The summed E-state index contributed by atoms with van der Waals surface area (Å²) in [5, 5.41) is 0. The molecule has 6 aromatic carbocycles. The summed E-state index contributed by atoms with van der Waals surface area (Å²) in [4.78, 5) is 13.2. The molecular formula is C48H39IrN6O3. The molecule has 58 heavy (non-hydrogen) atoms. The van der Waals surface area contributed by atoms with Gasteiger partial charge < -0.3 is 27.9 Å². The van der Waals surface area contributed by atoms with E-state index in [2.05, 4.69) is 33.2 Å².